The third-order valence-corrected chi connectivity index (χ3v) is 4.57. The van der Waals surface area contributed by atoms with Crippen LogP contribution >= 0.6 is 11.8 Å². The molecule has 1 aromatic heterocycles. The van der Waals surface area contributed by atoms with Crippen LogP contribution in [0.2, 0.25) is 0 Å². The number of hydrogen-bond donors (Lipinski definition) is 2. The van der Waals surface area contributed by atoms with Crippen LogP contribution in [-0.2, 0) is 17.1 Å². The maximum atomic E-state index is 12.1. The van der Waals surface area contributed by atoms with E-state index in [0.29, 0.717) is 48.8 Å². The average molecular weight is 346 g/mol. The predicted octanol–water partition coefficient (Wildman–Crippen LogP) is 3.66. The lowest BCUT2D eigenvalue weighted by molar-refractivity contribution is -0.121. The van der Waals surface area contributed by atoms with Gasteiger partial charge in [-0.05, 0) is 25.0 Å². The molecule has 2 N–H and O–H groups in total. The van der Waals surface area contributed by atoms with E-state index in [9.17, 15) is 13.6 Å². The third kappa shape index (κ3) is 7.35. The maximum absolute atomic E-state index is 12.1. The van der Waals surface area contributed by atoms with E-state index in [1.807, 2.05) is 0 Å². The van der Waals surface area contributed by atoms with Crippen molar-refractivity contribution in [1.29, 1.82) is 0 Å². The lowest BCUT2D eigenvalue weighted by Crippen LogP contribution is -2.37. The van der Waals surface area contributed by atoms with E-state index in [4.69, 9.17) is 4.42 Å². The number of alkyl halides is 2. The summed E-state index contributed by atoms with van der Waals surface area (Å²) < 4.78 is 29.6. The Balaban J connectivity index is 1.56. The molecule has 0 aromatic carbocycles. The van der Waals surface area contributed by atoms with Crippen molar-refractivity contribution in [2.24, 2.45) is 0 Å². The van der Waals surface area contributed by atoms with E-state index in [0.717, 1.165) is 12.8 Å². The van der Waals surface area contributed by atoms with Gasteiger partial charge in [-0.1, -0.05) is 31.0 Å². The number of halogens is 2. The molecule has 4 nitrogen and oxygen atoms in total. The molecule has 1 heterocycles. The Morgan fingerprint density at radius 3 is 2.74 bits per heavy atom. The van der Waals surface area contributed by atoms with Gasteiger partial charge in [-0.25, -0.2) is 0 Å². The number of hydrogen-bond acceptors (Lipinski definition) is 4. The molecule has 0 spiro atoms. The van der Waals surface area contributed by atoms with Crippen LogP contribution in [0.25, 0.3) is 0 Å². The summed E-state index contributed by atoms with van der Waals surface area (Å²) in [7, 11) is 0. The van der Waals surface area contributed by atoms with E-state index >= 15 is 0 Å². The van der Waals surface area contributed by atoms with Gasteiger partial charge in [0.05, 0.1) is 12.3 Å². The van der Waals surface area contributed by atoms with Gasteiger partial charge in [0.15, 0.2) is 0 Å². The summed E-state index contributed by atoms with van der Waals surface area (Å²) in [4.78, 5) is 11.8. The molecule has 7 heteroatoms. The number of carbonyl (C=O) groups excluding carboxylic acids is 1. The summed E-state index contributed by atoms with van der Waals surface area (Å²) in [6.45, 7) is 1.07. The summed E-state index contributed by atoms with van der Waals surface area (Å²) in [6, 6.07) is 3.83. The zero-order valence-electron chi connectivity index (χ0n) is 13.2. The van der Waals surface area contributed by atoms with Gasteiger partial charge in [0.1, 0.15) is 11.5 Å². The van der Waals surface area contributed by atoms with Crippen molar-refractivity contribution in [3.8, 4) is 0 Å². The minimum atomic E-state index is -2.38. The molecule has 1 amide bonds. The van der Waals surface area contributed by atoms with Crippen LogP contribution in [0.3, 0.4) is 0 Å². The van der Waals surface area contributed by atoms with Gasteiger partial charge in [0.25, 0.3) is 5.76 Å². The fraction of sp³-hybridized carbons (Fsp3) is 0.688. The van der Waals surface area contributed by atoms with Crippen molar-refractivity contribution < 1.29 is 18.0 Å². The van der Waals surface area contributed by atoms with E-state index in [-0.39, 0.29) is 11.7 Å². The van der Waals surface area contributed by atoms with Crippen molar-refractivity contribution in [2.45, 2.75) is 62.6 Å². The number of thioether (sulfide) groups is 1. The second-order valence-corrected chi connectivity index (χ2v) is 6.75. The van der Waals surface area contributed by atoms with Gasteiger partial charge in [-0.2, -0.15) is 8.78 Å². The van der Waals surface area contributed by atoms with Crippen LogP contribution in [0.15, 0.2) is 16.5 Å². The quantitative estimate of drug-likeness (QED) is 0.670. The molecular formula is C16H24F2N2O2S. The van der Waals surface area contributed by atoms with Crippen LogP contribution < -0.4 is 10.6 Å². The Hall–Kier alpha value is -1.08. The van der Waals surface area contributed by atoms with Crippen LogP contribution in [0, 0.1) is 0 Å². The summed E-state index contributed by atoms with van der Waals surface area (Å²) in [5.41, 5.74) is 0. The highest BCUT2D eigenvalue weighted by Crippen LogP contribution is 2.21. The van der Waals surface area contributed by atoms with Crippen molar-refractivity contribution in [1.82, 2.24) is 10.6 Å². The monoisotopic (exact) mass is 346 g/mol. The summed E-state index contributed by atoms with van der Waals surface area (Å²) in [5, 5.41) is 6.21. The molecule has 0 saturated heterocycles. The van der Waals surface area contributed by atoms with E-state index in [1.165, 1.54) is 19.3 Å². The Morgan fingerprint density at radius 2 is 2.00 bits per heavy atom. The molecule has 2 rings (SSSR count). The van der Waals surface area contributed by atoms with Crippen molar-refractivity contribution in [3.63, 3.8) is 0 Å². The first kappa shape index (κ1) is 18.3. The molecule has 130 valence electrons. The summed E-state index contributed by atoms with van der Waals surface area (Å²) >= 11 is 0.546. The second-order valence-electron chi connectivity index (χ2n) is 5.77. The number of rotatable bonds is 9. The lowest BCUT2D eigenvalue weighted by atomic mass is 9.95. The van der Waals surface area contributed by atoms with Gasteiger partial charge in [-0.3, -0.25) is 4.79 Å². The van der Waals surface area contributed by atoms with Crippen LogP contribution in [0.5, 0.6) is 0 Å². The third-order valence-electron chi connectivity index (χ3n) is 3.87. The average Bonchev–Trinajstić information content (AvgIpc) is 2.98. The molecular weight excluding hydrogens is 322 g/mol. The first-order valence-electron chi connectivity index (χ1n) is 8.11. The minimum absolute atomic E-state index is 0.0814. The molecule has 0 unspecified atom stereocenters. The molecule has 1 aliphatic carbocycles. The van der Waals surface area contributed by atoms with Gasteiger partial charge in [0.2, 0.25) is 5.91 Å². The summed E-state index contributed by atoms with van der Waals surface area (Å²) in [6.07, 6.45) is 6.29. The standard InChI is InChI=1S/C16H24F2N2O2S/c17-16(18)23-11-14-7-6-13(22-14)10-19-9-8-15(21)20-12-4-2-1-3-5-12/h6-7,12,16,19H,1-5,8-11H2,(H,20,21). The largest absolute Gasteiger partial charge is 0.464 e. The van der Waals surface area contributed by atoms with Gasteiger partial charge in [-0.15, -0.1) is 0 Å². The SMILES string of the molecule is O=C(CCNCc1ccc(CSC(F)F)o1)NC1CCCCC1. The molecule has 1 aromatic rings. The molecule has 0 bridgehead atoms. The predicted molar refractivity (Wildman–Crippen MR) is 87.3 cm³/mol. The van der Waals surface area contributed by atoms with E-state index in [1.54, 1.807) is 12.1 Å². The highest BCUT2D eigenvalue weighted by molar-refractivity contribution is 7.98. The lowest BCUT2D eigenvalue weighted by Gasteiger charge is -2.22. The Labute approximate surface area is 139 Å². The van der Waals surface area contributed by atoms with Gasteiger partial charge < -0.3 is 15.1 Å². The number of nitrogens with one attached hydrogen (secondary N) is 2. The Bertz CT molecular complexity index is 476. The van der Waals surface area contributed by atoms with E-state index < -0.39 is 5.76 Å². The molecule has 1 saturated carbocycles. The highest BCUT2D eigenvalue weighted by atomic mass is 32.2. The zero-order chi connectivity index (χ0) is 16.5. The normalized spacial score (nSPS) is 16.0. The number of carbonyl (C=O) groups is 1. The highest BCUT2D eigenvalue weighted by Gasteiger charge is 2.15. The maximum Gasteiger partial charge on any atom is 0.284 e. The Morgan fingerprint density at radius 1 is 1.26 bits per heavy atom. The topological polar surface area (TPSA) is 54.3 Å². The molecule has 0 atom stereocenters. The minimum Gasteiger partial charge on any atom is -0.464 e. The Kier molecular flexibility index (Phi) is 7.88. The summed E-state index contributed by atoms with van der Waals surface area (Å²) in [5.74, 6) is -0.895. The van der Waals surface area contributed by atoms with Crippen molar-refractivity contribution in [2.75, 3.05) is 6.54 Å². The van der Waals surface area contributed by atoms with Crippen LogP contribution in [-0.4, -0.2) is 24.3 Å². The fourth-order valence-electron chi connectivity index (χ4n) is 2.70. The molecule has 1 aliphatic rings. The molecule has 0 radical (unpaired) electrons. The first-order valence-corrected chi connectivity index (χ1v) is 9.16. The van der Waals surface area contributed by atoms with E-state index in [2.05, 4.69) is 10.6 Å². The van der Waals surface area contributed by atoms with Crippen LogP contribution in [0.4, 0.5) is 8.78 Å². The molecule has 23 heavy (non-hydrogen) atoms. The molecule has 0 aliphatic heterocycles. The van der Waals surface area contributed by atoms with Crippen molar-refractivity contribution >= 4 is 17.7 Å². The molecule has 1 fully saturated rings. The number of amides is 1. The van der Waals surface area contributed by atoms with Crippen LogP contribution in [0.1, 0.15) is 50.0 Å². The van der Waals surface area contributed by atoms with Gasteiger partial charge in [0, 0.05) is 19.0 Å². The fourth-order valence-corrected chi connectivity index (χ4v) is 3.15. The smallest absolute Gasteiger partial charge is 0.284 e. The number of furan rings is 1. The zero-order valence-corrected chi connectivity index (χ0v) is 14.0. The first-order chi connectivity index (χ1) is 11.1. The van der Waals surface area contributed by atoms with Gasteiger partial charge >= 0.3 is 0 Å². The second kappa shape index (κ2) is 9.93. The van der Waals surface area contributed by atoms with Crippen molar-refractivity contribution in [3.05, 3.63) is 23.7 Å².